The Kier molecular flexibility index (Phi) is 2.53. The van der Waals surface area contributed by atoms with Crippen molar-refractivity contribution < 1.29 is 4.74 Å². The van der Waals surface area contributed by atoms with Crippen LogP contribution in [0.5, 0.6) is 0 Å². The molecular formula is C16H29NO. The maximum absolute atomic E-state index is 5.86. The van der Waals surface area contributed by atoms with Crippen LogP contribution in [0.2, 0.25) is 0 Å². The molecule has 0 radical (unpaired) electrons. The van der Waals surface area contributed by atoms with E-state index in [4.69, 9.17) is 4.74 Å². The SMILES string of the molecule is CC1(C)C(NCC2C(C)(C)C2(C)C)C2CCOC21. The second kappa shape index (κ2) is 3.52. The van der Waals surface area contributed by atoms with Crippen molar-refractivity contribution in [2.45, 2.75) is 60.1 Å². The van der Waals surface area contributed by atoms with Gasteiger partial charge in [-0.1, -0.05) is 41.5 Å². The molecule has 3 fully saturated rings. The molecule has 3 atom stereocenters. The van der Waals surface area contributed by atoms with E-state index in [0.29, 0.717) is 28.4 Å². The third-order valence-corrected chi connectivity index (χ3v) is 6.96. The Morgan fingerprint density at radius 1 is 1.06 bits per heavy atom. The third kappa shape index (κ3) is 1.42. The second-order valence-electron chi connectivity index (χ2n) is 8.45. The van der Waals surface area contributed by atoms with Crippen LogP contribution in [-0.4, -0.2) is 25.3 Å². The zero-order valence-electron chi connectivity index (χ0n) is 12.8. The highest BCUT2D eigenvalue weighted by Gasteiger charge is 2.65. The fourth-order valence-corrected chi connectivity index (χ4v) is 4.83. The molecule has 3 unspecified atom stereocenters. The van der Waals surface area contributed by atoms with Crippen LogP contribution in [0.4, 0.5) is 0 Å². The molecule has 0 bridgehead atoms. The van der Waals surface area contributed by atoms with Gasteiger partial charge in [0.15, 0.2) is 0 Å². The molecule has 0 amide bonds. The third-order valence-electron chi connectivity index (χ3n) is 6.96. The Bertz CT molecular complexity index is 344. The molecule has 1 heterocycles. The van der Waals surface area contributed by atoms with Gasteiger partial charge in [-0.05, 0) is 29.7 Å². The van der Waals surface area contributed by atoms with Crippen molar-refractivity contribution in [3.05, 3.63) is 0 Å². The Labute approximate surface area is 112 Å². The highest BCUT2D eigenvalue weighted by atomic mass is 16.5. The number of nitrogens with one attached hydrogen (secondary N) is 1. The number of ether oxygens (including phenoxy) is 1. The van der Waals surface area contributed by atoms with Crippen LogP contribution in [0, 0.1) is 28.1 Å². The largest absolute Gasteiger partial charge is 0.377 e. The summed E-state index contributed by atoms with van der Waals surface area (Å²) in [6.45, 7) is 16.5. The van der Waals surface area contributed by atoms with Crippen molar-refractivity contribution in [1.82, 2.24) is 5.32 Å². The molecule has 2 saturated carbocycles. The standard InChI is InChI=1S/C16H29NO/c1-14(2)12(10-7-8-18-13(10)14)17-9-11-15(3,4)16(11,5)6/h10-13,17H,7-9H2,1-6H3. The van der Waals surface area contributed by atoms with Gasteiger partial charge in [0.1, 0.15) is 0 Å². The highest BCUT2D eigenvalue weighted by molar-refractivity contribution is 5.15. The van der Waals surface area contributed by atoms with Crippen molar-refractivity contribution in [3.63, 3.8) is 0 Å². The average Bonchev–Trinajstić information content (AvgIpc) is 2.66. The fourth-order valence-electron chi connectivity index (χ4n) is 4.83. The highest BCUT2D eigenvalue weighted by Crippen LogP contribution is 2.68. The summed E-state index contributed by atoms with van der Waals surface area (Å²) >= 11 is 0. The van der Waals surface area contributed by atoms with Gasteiger partial charge in [0, 0.05) is 24.0 Å². The fraction of sp³-hybridized carbons (Fsp3) is 1.00. The summed E-state index contributed by atoms with van der Waals surface area (Å²) in [5.41, 5.74) is 1.32. The zero-order chi connectivity index (χ0) is 13.3. The topological polar surface area (TPSA) is 21.3 Å². The van der Waals surface area contributed by atoms with Gasteiger partial charge in [-0.2, -0.15) is 0 Å². The first kappa shape index (κ1) is 12.9. The van der Waals surface area contributed by atoms with Crippen LogP contribution >= 0.6 is 0 Å². The Morgan fingerprint density at radius 2 is 1.67 bits per heavy atom. The Balaban J connectivity index is 1.59. The average molecular weight is 251 g/mol. The minimum absolute atomic E-state index is 0.324. The van der Waals surface area contributed by atoms with Crippen LogP contribution in [0.3, 0.4) is 0 Å². The van der Waals surface area contributed by atoms with E-state index in [-0.39, 0.29) is 0 Å². The van der Waals surface area contributed by atoms with Crippen molar-refractivity contribution in [2.24, 2.45) is 28.1 Å². The van der Waals surface area contributed by atoms with E-state index in [1.54, 1.807) is 0 Å². The minimum Gasteiger partial charge on any atom is -0.377 e. The van der Waals surface area contributed by atoms with Gasteiger partial charge >= 0.3 is 0 Å². The van der Waals surface area contributed by atoms with Gasteiger partial charge in [-0.15, -0.1) is 0 Å². The van der Waals surface area contributed by atoms with Crippen LogP contribution in [0.1, 0.15) is 48.0 Å². The summed E-state index contributed by atoms with van der Waals surface area (Å²) in [4.78, 5) is 0. The summed E-state index contributed by atoms with van der Waals surface area (Å²) < 4.78 is 5.86. The number of hydrogen-bond donors (Lipinski definition) is 1. The lowest BCUT2D eigenvalue weighted by Crippen LogP contribution is -2.66. The quantitative estimate of drug-likeness (QED) is 0.832. The molecule has 0 aromatic rings. The van der Waals surface area contributed by atoms with Crippen LogP contribution in [-0.2, 0) is 4.74 Å². The van der Waals surface area contributed by atoms with Gasteiger partial charge in [-0.25, -0.2) is 0 Å². The maximum atomic E-state index is 5.86. The summed E-state index contributed by atoms with van der Waals surface area (Å²) in [6.07, 6.45) is 1.76. The molecule has 0 spiro atoms. The summed E-state index contributed by atoms with van der Waals surface area (Å²) in [5.74, 6) is 1.59. The molecule has 0 aromatic carbocycles. The second-order valence-corrected chi connectivity index (χ2v) is 8.45. The monoisotopic (exact) mass is 251 g/mol. The molecular weight excluding hydrogens is 222 g/mol. The predicted octanol–water partition coefficient (Wildman–Crippen LogP) is 3.07. The molecule has 2 aliphatic carbocycles. The molecule has 1 saturated heterocycles. The molecule has 3 aliphatic rings. The van der Waals surface area contributed by atoms with Crippen molar-refractivity contribution in [3.8, 4) is 0 Å². The van der Waals surface area contributed by atoms with E-state index in [0.717, 1.165) is 18.4 Å². The first-order chi connectivity index (χ1) is 8.20. The van der Waals surface area contributed by atoms with E-state index in [9.17, 15) is 0 Å². The van der Waals surface area contributed by atoms with Gasteiger partial charge < -0.3 is 10.1 Å². The summed E-state index contributed by atoms with van der Waals surface area (Å²) in [6, 6.07) is 0.664. The molecule has 2 heteroatoms. The van der Waals surface area contributed by atoms with Gasteiger partial charge in [-0.3, -0.25) is 0 Å². The van der Waals surface area contributed by atoms with E-state index in [1.807, 2.05) is 0 Å². The number of hydrogen-bond acceptors (Lipinski definition) is 2. The molecule has 104 valence electrons. The van der Waals surface area contributed by atoms with Crippen molar-refractivity contribution in [2.75, 3.05) is 13.2 Å². The summed E-state index contributed by atoms with van der Waals surface area (Å²) in [5, 5.41) is 3.87. The first-order valence-corrected chi connectivity index (χ1v) is 7.55. The lowest BCUT2D eigenvalue weighted by molar-refractivity contribution is -0.112. The van der Waals surface area contributed by atoms with Gasteiger partial charge in [0.2, 0.25) is 0 Å². The Morgan fingerprint density at radius 3 is 2.22 bits per heavy atom. The predicted molar refractivity (Wildman–Crippen MR) is 74.5 cm³/mol. The minimum atomic E-state index is 0.324. The molecule has 0 aromatic heterocycles. The normalized spacial score (nSPS) is 43.3. The molecule has 1 aliphatic heterocycles. The molecule has 18 heavy (non-hydrogen) atoms. The van der Waals surface area contributed by atoms with Crippen molar-refractivity contribution >= 4 is 0 Å². The summed E-state index contributed by atoms with van der Waals surface area (Å²) in [7, 11) is 0. The van der Waals surface area contributed by atoms with E-state index in [2.05, 4.69) is 46.9 Å². The van der Waals surface area contributed by atoms with Crippen LogP contribution in [0.25, 0.3) is 0 Å². The zero-order valence-corrected chi connectivity index (χ0v) is 12.8. The smallest absolute Gasteiger partial charge is 0.0685 e. The number of rotatable bonds is 3. The van der Waals surface area contributed by atoms with E-state index >= 15 is 0 Å². The van der Waals surface area contributed by atoms with Gasteiger partial charge in [0.05, 0.1) is 6.10 Å². The van der Waals surface area contributed by atoms with Crippen molar-refractivity contribution in [1.29, 1.82) is 0 Å². The van der Waals surface area contributed by atoms with E-state index < -0.39 is 0 Å². The molecule has 3 rings (SSSR count). The number of fused-ring (bicyclic) bond motifs is 1. The van der Waals surface area contributed by atoms with Crippen LogP contribution in [0.15, 0.2) is 0 Å². The van der Waals surface area contributed by atoms with E-state index in [1.165, 1.54) is 13.0 Å². The van der Waals surface area contributed by atoms with Gasteiger partial charge in [0.25, 0.3) is 0 Å². The lowest BCUT2D eigenvalue weighted by Gasteiger charge is -2.55. The molecule has 1 N–H and O–H groups in total. The lowest BCUT2D eigenvalue weighted by atomic mass is 9.57. The first-order valence-electron chi connectivity index (χ1n) is 7.55. The maximum Gasteiger partial charge on any atom is 0.0685 e. The Hall–Kier alpha value is -0.0800. The molecule has 2 nitrogen and oxygen atoms in total. The van der Waals surface area contributed by atoms with Crippen LogP contribution < -0.4 is 5.32 Å².